The SMILES string of the molecule is C=C1[C@@H]2CC[C@@]34O[C@]35CCC[C@@](C)(C(=O)O)[C@H]5CC[C@]4(C2)[C@H]1OC(=O)/C(C)=C/C. The van der Waals surface area contributed by atoms with Crippen molar-refractivity contribution in [1.29, 1.82) is 0 Å². The fourth-order valence-corrected chi connectivity index (χ4v) is 7.95. The first-order valence-electron chi connectivity index (χ1n) is 11.1. The van der Waals surface area contributed by atoms with Crippen molar-refractivity contribution in [3.8, 4) is 0 Å². The van der Waals surface area contributed by atoms with E-state index >= 15 is 0 Å². The molecule has 1 saturated heterocycles. The molecule has 29 heavy (non-hydrogen) atoms. The lowest BCUT2D eigenvalue weighted by atomic mass is 9.46. The highest BCUT2D eigenvalue weighted by atomic mass is 16.6. The molecule has 0 radical (unpaired) electrons. The molecule has 158 valence electrons. The normalized spacial score (nSPS) is 50.2. The van der Waals surface area contributed by atoms with E-state index in [4.69, 9.17) is 9.47 Å². The van der Waals surface area contributed by atoms with E-state index in [1.54, 1.807) is 13.0 Å². The van der Waals surface area contributed by atoms with Crippen LogP contribution >= 0.6 is 0 Å². The van der Waals surface area contributed by atoms with E-state index in [1.807, 2.05) is 13.8 Å². The average Bonchev–Trinajstić information content (AvgIpc) is 3.30. The predicted molar refractivity (Wildman–Crippen MR) is 107 cm³/mol. The van der Waals surface area contributed by atoms with Gasteiger partial charge in [-0.15, -0.1) is 0 Å². The fourth-order valence-electron chi connectivity index (χ4n) is 7.95. The quantitative estimate of drug-likeness (QED) is 0.329. The van der Waals surface area contributed by atoms with Crippen LogP contribution in [0.25, 0.3) is 0 Å². The van der Waals surface area contributed by atoms with Crippen molar-refractivity contribution in [3.05, 3.63) is 23.8 Å². The number of hydrogen-bond acceptors (Lipinski definition) is 4. The summed E-state index contributed by atoms with van der Waals surface area (Å²) in [4.78, 5) is 24.9. The number of hydrogen-bond donors (Lipinski definition) is 1. The zero-order valence-electron chi connectivity index (χ0n) is 17.8. The van der Waals surface area contributed by atoms with Crippen LogP contribution in [0.3, 0.4) is 0 Å². The van der Waals surface area contributed by atoms with E-state index in [9.17, 15) is 14.7 Å². The number of ether oxygens (including phenoxy) is 2. The second-order valence-electron chi connectivity index (χ2n) is 10.4. The number of carboxylic acids is 1. The van der Waals surface area contributed by atoms with Crippen LogP contribution in [-0.2, 0) is 19.1 Å². The van der Waals surface area contributed by atoms with Gasteiger partial charge in [0.2, 0.25) is 0 Å². The van der Waals surface area contributed by atoms with Crippen LogP contribution in [-0.4, -0.2) is 34.4 Å². The molecule has 0 amide bonds. The first kappa shape index (κ1) is 19.3. The molecule has 3 spiro atoms. The molecule has 4 aliphatic carbocycles. The van der Waals surface area contributed by atoms with Gasteiger partial charge < -0.3 is 14.6 Å². The highest BCUT2D eigenvalue weighted by molar-refractivity contribution is 5.88. The Kier molecular flexibility index (Phi) is 3.83. The third-order valence-electron chi connectivity index (χ3n) is 9.54. The monoisotopic (exact) mass is 400 g/mol. The minimum atomic E-state index is -0.733. The van der Waals surface area contributed by atoms with E-state index in [0.29, 0.717) is 11.5 Å². The summed E-state index contributed by atoms with van der Waals surface area (Å²) >= 11 is 0. The fraction of sp³-hybridized carbons (Fsp3) is 0.750. The second kappa shape index (κ2) is 5.75. The minimum Gasteiger partial charge on any atom is -0.481 e. The number of fused-ring (bicyclic) bond motifs is 1. The van der Waals surface area contributed by atoms with Gasteiger partial charge in [-0.05, 0) is 83.6 Å². The van der Waals surface area contributed by atoms with Crippen LogP contribution < -0.4 is 0 Å². The summed E-state index contributed by atoms with van der Waals surface area (Å²) in [7, 11) is 0. The van der Waals surface area contributed by atoms with E-state index in [0.717, 1.165) is 56.9 Å². The molecule has 5 aliphatic rings. The molecular weight excluding hydrogens is 368 g/mol. The van der Waals surface area contributed by atoms with Gasteiger partial charge in [0.25, 0.3) is 0 Å². The molecule has 4 saturated carbocycles. The lowest BCUT2D eigenvalue weighted by Gasteiger charge is -2.53. The number of carboxylic acid groups (broad SMARTS) is 1. The lowest BCUT2D eigenvalue weighted by Crippen LogP contribution is -2.61. The number of esters is 1. The molecule has 5 nitrogen and oxygen atoms in total. The Bertz CT molecular complexity index is 844. The number of carbonyl (C=O) groups excluding carboxylic acids is 1. The Hall–Kier alpha value is -1.62. The van der Waals surface area contributed by atoms with Crippen LogP contribution in [0, 0.1) is 22.7 Å². The topological polar surface area (TPSA) is 76.1 Å². The summed E-state index contributed by atoms with van der Waals surface area (Å²) in [5.74, 6) is -0.562. The Balaban J connectivity index is 1.55. The molecule has 1 heterocycles. The highest BCUT2D eigenvalue weighted by Crippen LogP contribution is 2.81. The van der Waals surface area contributed by atoms with E-state index in [2.05, 4.69) is 6.58 Å². The van der Waals surface area contributed by atoms with Crippen LogP contribution in [0.1, 0.15) is 72.1 Å². The number of rotatable bonds is 3. The molecule has 5 fully saturated rings. The van der Waals surface area contributed by atoms with Gasteiger partial charge >= 0.3 is 11.9 Å². The predicted octanol–water partition coefficient (Wildman–Crippen LogP) is 4.41. The van der Waals surface area contributed by atoms with Crippen LogP contribution in [0.15, 0.2) is 23.8 Å². The molecule has 5 heteroatoms. The zero-order chi connectivity index (χ0) is 20.8. The van der Waals surface area contributed by atoms with Crippen molar-refractivity contribution in [1.82, 2.24) is 0 Å². The molecule has 1 aliphatic heterocycles. The van der Waals surface area contributed by atoms with Crippen molar-refractivity contribution in [2.45, 2.75) is 89.4 Å². The number of carbonyl (C=O) groups is 2. The van der Waals surface area contributed by atoms with E-state index in [1.165, 1.54) is 0 Å². The van der Waals surface area contributed by atoms with Gasteiger partial charge in [0, 0.05) is 16.9 Å². The van der Waals surface area contributed by atoms with Crippen LogP contribution in [0.5, 0.6) is 0 Å². The summed E-state index contributed by atoms with van der Waals surface area (Å²) in [6, 6.07) is 0. The van der Waals surface area contributed by atoms with Crippen LogP contribution in [0.4, 0.5) is 0 Å². The summed E-state index contributed by atoms with van der Waals surface area (Å²) in [5.41, 5.74) is -0.0499. The van der Waals surface area contributed by atoms with Gasteiger partial charge in [-0.1, -0.05) is 12.7 Å². The zero-order valence-corrected chi connectivity index (χ0v) is 17.8. The van der Waals surface area contributed by atoms with E-state index < -0.39 is 11.4 Å². The molecule has 0 unspecified atom stereocenters. The molecule has 0 aromatic carbocycles. The van der Waals surface area contributed by atoms with Crippen molar-refractivity contribution in [2.24, 2.45) is 22.7 Å². The lowest BCUT2D eigenvalue weighted by molar-refractivity contribution is -0.161. The molecule has 0 aromatic heterocycles. The Labute approximate surface area is 172 Å². The van der Waals surface area contributed by atoms with Gasteiger partial charge in [0.15, 0.2) is 0 Å². The van der Waals surface area contributed by atoms with Crippen molar-refractivity contribution in [2.75, 3.05) is 0 Å². The van der Waals surface area contributed by atoms with Crippen LogP contribution in [0.2, 0.25) is 0 Å². The van der Waals surface area contributed by atoms with Gasteiger partial charge in [-0.2, -0.15) is 0 Å². The first-order valence-corrected chi connectivity index (χ1v) is 11.1. The maximum atomic E-state index is 12.7. The Morgan fingerprint density at radius 2 is 2.00 bits per heavy atom. The molecule has 7 atom stereocenters. The van der Waals surface area contributed by atoms with Crippen molar-refractivity contribution < 1.29 is 24.2 Å². The Morgan fingerprint density at radius 1 is 1.24 bits per heavy atom. The summed E-state index contributed by atoms with van der Waals surface area (Å²) in [6.45, 7) is 9.91. The average molecular weight is 401 g/mol. The number of allylic oxidation sites excluding steroid dienone is 1. The molecule has 2 bridgehead atoms. The van der Waals surface area contributed by atoms with Gasteiger partial charge in [-0.25, -0.2) is 4.79 Å². The molecule has 1 N–H and O–H groups in total. The summed E-state index contributed by atoms with van der Waals surface area (Å²) < 4.78 is 12.9. The van der Waals surface area contributed by atoms with E-state index in [-0.39, 0.29) is 34.6 Å². The third-order valence-corrected chi connectivity index (χ3v) is 9.54. The first-order chi connectivity index (χ1) is 13.7. The van der Waals surface area contributed by atoms with Crippen molar-refractivity contribution in [3.63, 3.8) is 0 Å². The molecule has 5 rings (SSSR count). The van der Waals surface area contributed by atoms with Gasteiger partial charge in [0.1, 0.15) is 17.3 Å². The third kappa shape index (κ3) is 2.05. The maximum Gasteiger partial charge on any atom is 0.333 e. The minimum absolute atomic E-state index is 0.0333. The Morgan fingerprint density at radius 3 is 2.69 bits per heavy atom. The maximum absolute atomic E-state index is 12.7. The number of aliphatic carboxylic acids is 1. The van der Waals surface area contributed by atoms with Gasteiger partial charge in [0.05, 0.1) is 5.41 Å². The summed E-state index contributed by atoms with van der Waals surface area (Å²) in [5, 5.41) is 10.0. The largest absolute Gasteiger partial charge is 0.481 e. The molecule has 0 aromatic rings. The smallest absolute Gasteiger partial charge is 0.333 e. The van der Waals surface area contributed by atoms with Crippen molar-refractivity contribution >= 4 is 11.9 Å². The number of epoxide rings is 1. The molecular formula is C24H32O5. The van der Waals surface area contributed by atoms with Gasteiger partial charge in [-0.3, -0.25) is 4.79 Å². The second-order valence-corrected chi connectivity index (χ2v) is 10.4. The standard InChI is InChI=1S/C24H32O5/c1-5-14(2)19(25)28-18-15(3)16-7-12-24-22(18,13-16)11-8-17-21(4,20(26)27)9-6-10-23(17,24)29-24/h5,16-18H,3,6-13H2,1-2,4H3,(H,26,27)/b14-5+/t16-,17-,18+,21-,22+,23+,24+/m1/s1. The highest BCUT2D eigenvalue weighted by Gasteiger charge is 2.88. The summed E-state index contributed by atoms with van der Waals surface area (Å²) in [6.07, 6.45) is 8.53.